The highest BCUT2D eigenvalue weighted by atomic mass is 16.5. The van der Waals surface area contributed by atoms with Gasteiger partial charge in [0.25, 0.3) is 0 Å². The van der Waals surface area contributed by atoms with E-state index in [1.54, 1.807) is 27.5 Å². The van der Waals surface area contributed by atoms with Crippen molar-refractivity contribution in [1.82, 2.24) is 19.9 Å². The van der Waals surface area contributed by atoms with E-state index in [0.29, 0.717) is 6.42 Å². The highest BCUT2D eigenvalue weighted by Crippen LogP contribution is 2.38. The summed E-state index contributed by atoms with van der Waals surface area (Å²) < 4.78 is 17.2. The van der Waals surface area contributed by atoms with E-state index in [1.807, 2.05) is 24.4 Å². The zero-order valence-corrected chi connectivity index (χ0v) is 19.9. The van der Waals surface area contributed by atoms with Crippen LogP contribution in [0.25, 0.3) is 43.6 Å². The normalized spacial score (nSPS) is 12.7. The van der Waals surface area contributed by atoms with E-state index < -0.39 is 0 Å². The van der Waals surface area contributed by atoms with Gasteiger partial charge in [0.1, 0.15) is 17.6 Å². The van der Waals surface area contributed by atoms with Gasteiger partial charge in [0.05, 0.1) is 53.7 Å². The highest BCUT2D eigenvalue weighted by Gasteiger charge is 2.21. The van der Waals surface area contributed by atoms with Crippen LogP contribution in [0.4, 0.5) is 0 Å². The number of hydrogen-bond donors (Lipinski definition) is 2. The van der Waals surface area contributed by atoms with Gasteiger partial charge in [-0.15, -0.1) is 0 Å². The van der Waals surface area contributed by atoms with Crippen molar-refractivity contribution in [2.75, 3.05) is 21.3 Å². The van der Waals surface area contributed by atoms with Crippen LogP contribution in [0.15, 0.2) is 60.9 Å². The van der Waals surface area contributed by atoms with Gasteiger partial charge in [-0.05, 0) is 31.0 Å². The molecule has 2 aromatic carbocycles. The molecule has 7 heteroatoms. The molecule has 6 aromatic rings. The van der Waals surface area contributed by atoms with E-state index in [4.69, 9.17) is 24.2 Å². The number of hydrogen-bond acceptors (Lipinski definition) is 5. The monoisotopic (exact) mass is 466 g/mol. The Kier molecular flexibility index (Phi) is 5.26. The Balaban J connectivity index is 1.40. The van der Waals surface area contributed by atoms with Gasteiger partial charge in [-0.2, -0.15) is 0 Å². The molecule has 7 nitrogen and oxygen atoms in total. The molecule has 176 valence electrons. The summed E-state index contributed by atoms with van der Waals surface area (Å²) in [5.74, 6) is 1.52. The molecule has 35 heavy (non-hydrogen) atoms. The minimum absolute atomic E-state index is 0.190. The number of aromatic amines is 2. The molecule has 0 saturated heterocycles. The first-order valence-electron chi connectivity index (χ1n) is 11.6. The molecule has 0 saturated carbocycles. The number of nitrogens with one attached hydrogen (secondary N) is 2. The van der Waals surface area contributed by atoms with Crippen LogP contribution >= 0.6 is 0 Å². The SMILES string of the molecule is COc1cccc2c1[nH]c1c(CCC(OC)c3nccc4c3[nH]c3ccccc34)ncc(OC)c12. The van der Waals surface area contributed by atoms with Crippen molar-refractivity contribution < 1.29 is 14.2 Å². The molecule has 4 heterocycles. The summed E-state index contributed by atoms with van der Waals surface area (Å²) in [5.41, 5.74) is 5.86. The van der Waals surface area contributed by atoms with Gasteiger partial charge in [0.15, 0.2) is 0 Å². The smallest absolute Gasteiger partial charge is 0.147 e. The topological polar surface area (TPSA) is 85.0 Å². The summed E-state index contributed by atoms with van der Waals surface area (Å²) in [6.07, 6.45) is 4.89. The molecule has 0 bridgehead atoms. The number of nitrogens with zero attached hydrogens (tertiary/aromatic N) is 2. The fraction of sp³-hybridized carbons (Fsp3) is 0.214. The Morgan fingerprint density at radius 1 is 0.771 bits per heavy atom. The Morgan fingerprint density at radius 3 is 2.43 bits per heavy atom. The standard InChI is InChI=1S/C28H26N4O3/c1-33-21-10-6-8-18-24-23(35-3)15-30-20(27(24)32-25(18)21)11-12-22(34-2)28-26-17(13-14-29-28)16-7-4-5-9-19(16)31-26/h4-10,13-15,22,31-32H,11-12H2,1-3H3. The maximum Gasteiger partial charge on any atom is 0.147 e. The molecular formula is C28H26N4O3. The molecule has 2 N–H and O–H groups in total. The molecule has 0 aliphatic rings. The largest absolute Gasteiger partial charge is 0.495 e. The first-order chi connectivity index (χ1) is 17.2. The summed E-state index contributed by atoms with van der Waals surface area (Å²) in [6, 6.07) is 16.4. The minimum atomic E-state index is -0.190. The van der Waals surface area contributed by atoms with E-state index >= 15 is 0 Å². The van der Waals surface area contributed by atoms with Crippen molar-refractivity contribution in [3.63, 3.8) is 0 Å². The van der Waals surface area contributed by atoms with Crippen molar-refractivity contribution >= 4 is 43.6 Å². The van der Waals surface area contributed by atoms with Crippen LogP contribution in [0.3, 0.4) is 0 Å². The van der Waals surface area contributed by atoms with E-state index in [9.17, 15) is 0 Å². The molecule has 1 unspecified atom stereocenters. The fourth-order valence-corrected chi connectivity index (χ4v) is 5.12. The third-order valence-corrected chi connectivity index (χ3v) is 6.80. The van der Waals surface area contributed by atoms with Crippen LogP contribution in [0.5, 0.6) is 11.5 Å². The van der Waals surface area contributed by atoms with Gasteiger partial charge in [-0.25, -0.2) is 0 Å². The Bertz CT molecular complexity index is 1680. The summed E-state index contributed by atoms with van der Waals surface area (Å²) in [6.45, 7) is 0. The first kappa shape index (κ1) is 21.4. The number of benzene rings is 2. The van der Waals surface area contributed by atoms with Crippen molar-refractivity contribution in [1.29, 1.82) is 0 Å². The first-order valence-corrected chi connectivity index (χ1v) is 11.6. The molecule has 0 radical (unpaired) electrons. The molecule has 0 aliphatic heterocycles. The van der Waals surface area contributed by atoms with Gasteiger partial charge in [0, 0.05) is 35.0 Å². The number of H-pyrrole nitrogens is 2. The number of pyridine rings is 2. The van der Waals surface area contributed by atoms with Crippen LogP contribution in [-0.4, -0.2) is 41.3 Å². The number of fused-ring (bicyclic) bond motifs is 6. The molecule has 1 atom stereocenters. The number of aryl methyl sites for hydroxylation is 1. The van der Waals surface area contributed by atoms with Crippen molar-refractivity contribution in [2.24, 2.45) is 0 Å². The minimum Gasteiger partial charge on any atom is -0.495 e. The van der Waals surface area contributed by atoms with Crippen molar-refractivity contribution in [2.45, 2.75) is 18.9 Å². The molecule has 6 rings (SSSR count). The highest BCUT2D eigenvalue weighted by molar-refractivity contribution is 6.12. The summed E-state index contributed by atoms with van der Waals surface area (Å²) in [5, 5.41) is 4.40. The molecule has 0 fully saturated rings. The van der Waals surface area contributed by atoms with Gasteiger partial charge >= 0.3 is 0 Å². The second-order valence-electron chi connectivity index (χ2n) is 8.58. The predicted octanol–water partition coefficient (Wildman–Crippen LogP) is 6.08. The lowest BCUT2D eigenvalue weighted by Gasteiger charge is -2.16. The Hall–Kier alpha value is -4.10. The van der Waals surface area contributed by atoms with Crippen LogP contribution in [-0.2, 0) is 11.2 Å². The molecule has 0 aliphatic carbocycles. The average Bonchev–Trinajstić information content (AvgIpc) is 3.48. The third kappa shape index (κ3) is 3.39. The van der Waals surface area contributed by atoms with Crippen LogP contribution < -0.4 is 9.47 Å². The summed E-state index contributed by atoms with van der Waals surface area (Å²) in [7, 11) is 5.08. The molecule has 4 aromatic heterocycles. The quantitative estimate of drug-likeness (QED) is 0.298. The van der Waals surface area contributed by atoms with Gasteiger partial charge in [0.2, 0.25) is 0 Å². The lowest BCUT2D eigenvalue weighted by Crippen LogP contribution is -2.07. The fourth-order valence-electron chi connectivity index (χ4n) is 5.12. The second-order valence-corrected chi connectivity index (χ2v) is 8.58. The molecule has 0 amide bonds. The molecular weight excluding hydrogens is 440 g/mol. The maximum atomic E-state index is 5.95. The van der Waals surface area contributed by atoms with Gasteiger partial charge < -0.3 is 24.2 Å². The number of ether oxygens (including phenoxy) is 3. The van der Waals surface area contributed by atoms with Gasteiger partial charge in [-0.3, -0.25) is 9.97 Å². The van der Waals surface area contributed by atoms with Crippen molar-refractivity contribution in [3.05, 3.63) is 72.3 Å². The lowest BCUT2D eigenvalue weighted by molar-refractivity contribution is 0.0934. The van der Waals surface area contributed by atoms with E-state index in [1.165, 1.54) is 5.39 Å². The third-order valence-electron chi connectivity index (χ3n) is 6.80. The zero-order valence-electron chi connectivity index (χ0n) is 19.9. The number of methoxy groups -OCH3 is 3. The Morgan fingerprint density at radius 2 is 1.60 bits per heavy atom. The van der Waals surface area contributed by atoms with E-state index in [-0.39, 0.29) is 6.10 Å². The van der Waals surface area contributed by atoms with Crippen LogP contribution in [0.2, 0.25) is 0 Å². The van der Waals surface area contributed by atoms with Crippen molar-refractivity contribution in [3.8, 4) is 11.5 Å². The van der Waals surface area contributed by atoms with E-state index in [2.05, 4.69) is 40.3 Å². The lowest BCUT2D eigenvalue weighted by atomic mass is 10.0. The summed E-state index contributed by atoms with van der Waals surface area (Å²) >= 11 is 0. The number of rotatable bonds is 7. The average molecular weight is 467 g/mol. The Labute approximate surface area is 202 Å². The zero-order chi connectivity index (χ0) is 23.9. The van der Waals surface area contributed by atoms with Crippen LogP contribution in [0.1, 0.15) is 23.9 Å². The van der Waals surface area contributed by atoms with Gasteiger partial charge in [-0.1, -0.05) is 30.3 Å². The molecule has 0 spiro atoms. The second kappa shape index (κ2) is 8.60. The number of para-hydroxylation sites is 2. The predicted molar refractivity (Wildman–Crippen MR) is 138 cm³/mol. The number of aromatic nitrogens is 4. The summed E-state index contributed by atoms with van der Waals surface area (Å²) in [4.78, 5) is 16.5. The maximum absolute atomic E-state index is 5.95. The van der Waals surface area contributed by atoms with E-state index in [0.717, 1.165) is 67.5 Å². The van der Waals surface area contributed by atoms with Crippen LogP contribution in [0, 0.1) is 0 Å².